The van der Waals surface area contributed by atoms with Crippen LogP contribution in [0.5, 0.6) is 0 Å². The molecule has 0 atom stereocenters. The standard InChI is InChI=1S/5Ga.3Gd.3H2O.9O/h;;;;;;;;3*1H2;;;;;;;;;/q;;;;;;2*+1;;;;;;;;;;;;/p-2. The predicted molar refractivity (Wildman–Crippen MR) is 44.6 cm³/mol. The molecule has 0 aliphatic rings. The Balaban J connectivity index is -0.0000000805. The first kappa shape index (κ1) is 36.3. The zero-order valence-corrected chi connectivity index (χ0v) is 27.9. The Morgan fingerprint density at radius 3 is 1.45 bits per heavy atom. The molecular weight excluding hydrogens is 1010 g/mol. The van der Waals surface area contributed by atoms with Crippen molar-refractivity contribution in [1.29, 1.82) is 0 Å². The van der Waals surface area contributed by atoms with Gasteiger partial charge in [-0.25, -0.2) is 0 Å². The molecule has 4 N–H and O–H groups in total. The maximum absolute atomic E-state index is 10.1. The third-order valence-corrected chi connectivity index (χ3v) is 16.5. The molecule has 0 aromatic carbocycles. The van der Waals surface area contributed by atoms with Crippen LogP contribution in [-0.4, -0.2) is 97.2 Å². The number of hydrogen-bond acceptors (Lipinski definition) is 9. The monoisotopic (exact) mass is 1010 g/mol. The first-order chi connectivity index (χ1) is 8.67. The van der Waals surface area contributed by atoms with Gasteiger partial charge in [-0.2, -0.15) is 0 Å². The van der Waals surface area contributed by atoms with Gasteiger partial charge in [0, 0.05) is 39.9 Å². The molecule has 0 aliphatic carbocycles. The Morgan fingerprint density at radius 2 is 1.20 bits per heavy atom. The van der Waals surface area contributed by atoms with E-state index in [-0.39, 0.29) is 45.4 Å². The second-order valence-electron chi connectivity index (χ2n) is 1.35. The molecule has 0 bridgehead atoms. The molecule has 0 rings (SSSR count). The molecule has 0 aromatic rings. The summed E-state index contributed by atoms with van der Waals surface area (Å²) in [4.78, 5) is 0. The van der Waals surface area contributed by atoms with Crippen LogP contribution in [0.2, 0.25) is 0 Å². The van der Waals surface area contributed by atoms with Crippen molar-refractivity contribution in [1.82, 2.24) is 0 Å². The molecule has 12 nitrogen and oxygen atoms in total. The number of rotatable bonds is 8. The Labute approximate surface area is 226 Å². The summed E-state index contributed by atoms with van der Waals surface area (Å²) in [6.45, 7) is 0. The SMILES string of the molecule is O.[Gd].[O]=[Ga][O][Ga][O][Ga]([O][Ga]=[O])[O][Ga]=[O].[O]=[Gd][OH].[O]=[Gd][OH]. The van der Waals surface area contributed by atoms with Crippen LogP contribution in [0.4, 0.5) is 0 Å². The average Bonchev–Trinajstić information content (AvgIpc) is 2.32. The molecule has 0 aliphatic heterocycles. The van der Waals surface area contributed by atoms with E-state index >= 15 is 0 Å². The Morgan fingerprint density at radius 1 is 0.850 bits per heavy atom. The molecule has 115 valence electrons. The Bertz CT molecular complexity index is 209. The van der Waals surface area contributed by atoms with E-state index in [0.717, 1.165) is 0 Å². The second-order valence-corrected chi connectivity index (χ2v) is 19.2. The summed E-state index contributed by atoms with van der Waals surface area (Å²) in [5, 5.41) is 0. The molecule has 0 unspecified atom stereocenters. The Hall–Kier alpha value is 5.40. The quantitative estimate of drug-likeness (QED) is 0.176. The second kappa shape index (κ2) is 39.5. The molecule has 0 heterocycles. The van der Waals surface area contributed by atoms with Crippen molar-refractivity contribution >= 4 is 88.6 Å². The summed E-state index contributed by atoms with van der Waals surface area (Å²) in [7, 11) is 0. The van der Waals surface area contributed by atoms with Gasteiger partial charge in [0.05, 0.1) is 0 Å². The molecule has 0 fully saturated rings. The third-order valence-electron chi connectivity index (χ3n) is 0.611. The molecule has 0 aromatic heterocycles. The van der Waals surface area contributed by atoms with Crippen LogP contribution < -0.4 is 0 Å². The van der Waals surface area contributed by atoms with E-state index in [4.69, 9.17) is 7.73 Å². The van der Waals surface area contributed by atoms with Gasteiger partial charge >= 0.3 is 187 Å². The summed E-state index contributed by atoms with van der Waals surface area (Å²) < 4.78 is 80.7. The fourth-order valence-electron chi connectivity index (χ4n) is 0.287. The fraction of sp³-hybridized carbons (Fsp3) is 0. The van der Waals surface area contributed by atoms with E-state index in [2.05, 4.69) is 6.96 Å². The van der Waals surface area contributed by atoms with Gasteiger partial charge < -0.3 is 5.48 Å². The fourth-order valence-corrected chi connectivity index (χ4v) is 22.3. The van der Waals surface area contributed by atoms with Gasteiger partial charge in [0.1, 0.15) is 0 Å². The third kappa shape index (κ3) is 43.7. The van der Waals surface area contributed by atoms with E-state index in [1.807, 2.05) is 0 Å². The first-order valence-corrected chi connectivity index (χ1v) is 18.0. The average molecular weight is 1020 g/mol. The van der Waals surface area contributed by atoms with Gasteiger partial charge in [-0.05, 0) is 0 Å². The van der Waals surface area contributed by atoms with E-state index in [1.165, 1.54) is 0 Å². The summed E-state index contributed by atoms with van der Waals surface area (Å²) in [6, 6.07) is 0. The molecule has 20 heavy (non-hydrogen) atoms. The first-order valence-electron chi connectivity index (χ1n) is 3.20. The van der Waals surface area contributed by atoms with Gasteiger partial charge in [-0.15, -0.1) is 0 Å². The van der Waals surface area contributed by atoms with Crippen molar-refractivity contribution < 1.29 is 144 Å². The summed E-state index contributed by atoms with van der Waals surface area (Å²) in [6.07, 6.45) is 0. The Kier molecular flexibility index (Phi) is 71.7. The van der Waals surface area contributed by atoms with Gasteiger partial charge in [-0.3, -0.25) is 0 Å². The zero-order chi connectivity index (χ0) is 14.6. The van der Waals surface area contributed by atoms with Crippen molar-refractivity contribution in [2.75, 3.05) is 0 Å². The molecule has 0 amide bonds. The van der Waals surface area contributed by atoms with Crippen molar-refractivity contribution in [3.8, 4) is 0 Å². The molecular formula is H4Ga5Gd3O12. The summed E-state index contributed by atoms with van der Waals surface area (Å²) in [5.74, 6) is 0. The van der Waals surface area contributed by atoms with Gasteiger partial charge in [0.2, 0.25) is 0 Å². The van der Waals surface area contributed by atoms with Gasteiger partial charge in [-0.1, -0.05) is 0 Å². The minimum absolute atomic E-state index is 0. The van der Waals surface area contributed by atoms with Crippen molar-refractivity contribution in [3.05, 3.63) is 0 Å². The summed E-state index contributed by atoms with van der Waals surface area (Å²) in [5.41, 5.74) is 0. The molecule has 20 heteroatoms. The molecule has 0 saturated carbocycles. The molecule has 0 spiro atoms. The van der Waals surface area contributed by atoms with Crippen molar-refractivity contribution in [2.45, 2.75) is 0 Å². The van der Waals surface area contributed by atoms with Crippen molar-refractivity contribution in [2.24, 2.45) is 0 Å². The van der Waals surface area contributed by atoms with Crippen LogP contribution >= 0.6 is 0 Å². The number of hydrogen-bond donors (Lipinski definition) is 2. The van der Waals surface area contributed by atoms with Crippen LogP contribution in [0.3, 0.4) is 0 Å². The van der Waals surface area contributed by atoms with E-state index in [0.29, 0.717) is 0 Å². The van der Waals surface area contributed by atoms with Crippen LogP contribution in [0.15, 0.2) is 0 Å². The predicted octanol–water partition coefficient (Wildman–Crippen LogP) is -4.71. The maximum atomic E-state index is 10.1. The van der Waals surface area contributed by atoms with Crippen LogP contribution in [0.1, 0.15) is 0 Å². The van der Waals surface area contributed by atoms with Gasteiger partial charge in [0.25, 0.3) is 0 Å². The molecule has 1 radical (unpaired) electrons. The topological polar surface area (TPSA) is 194 Å². The normalized spacial score (nSPS) is 5.70. The van der Waals surface area contributed by atoms with Crippen LogP contribution in [-0.2, 0) is 22.2 Å². The van der Waals surface area contributed by atoms with E-state index in [9.17, 15) is 10.6 Å². The van der Waals surface area contributed by atoms with E-state index in [1.54, 1.807) is 0 Å². The summed E-state index contributed by atoms with van der Waals surface area (Å²) >= 11 is -13.7. The van der Waals surface area contributed by atoms with Crippen LogP contribution in [0.25, 0.3) is 0 Å². The van der Waals surface area contributed by atoms with Crippen molar-refractivity contribution in [3.63, 3.8) is 0 Å². The molecule has 0 saturated heterocycles. The zero-order valence-electron chi connectivity index (χ0n) is 9.02. The van der Waals surface area contributed by atoms with E-state index < -0.39 is 162 Å². The minimum atomic E-state index is -2.88. The van der Waals surface area contributed by atoms with Crippen LogP contribution in [0, 0.1) is 113 Å². The van der Waals surface area contributed by atoms with Gasteiger partial charge in [0.15, 0.2) is 0 Å².